The first-order valence-electron chi connectivity index (χ1n) is 7.71. The van der Waals surface area contributed by atoms with E-state index in [-0.39, 0.29) is 0 Å². The summed E-state index contributed by atoms with van der Waals surface area (Å²) in [6, 6.07) is 7.04. The van der Waals surface area contributed by atoms with Crippen molar-refractivity contribution in [3.05, 3.63) is 29.3 Å². The quantitative estimate of drug-likeness (QED) is 0.562. The van der Waals surface area contributed by atoms with Gasteiger partial charge in [0.1, 0.15) is 0 Å². The summed E-state index contributed by atoms with van der Waals surface area (Å²) < 4.78 is 0. The monoisotopic (exact) mass is 277 g/mol. The molecule has 106 valence electrons. The lowest BCUT2D eigenvalue weighted by Gasteiger charge is -2.07. The number of hydrogen-bond donors (Lipinski definition) is 1. The van der Waals surface area contributed by atoms with E-state index < -0.39 is 0 Å². The summed E-state index contributed by atoms with van der Waals surface area (Å²) in [6.45, 7) is 6.89. The molecule has 0 heterocycles. The summed E-state index contributed by atoms with van der Waals surface area (Å²) in [5.74, 6) is 2.02. The third-order valence-corrected chi connectivity index (χ3v) is 4.75. The highest BCUT2D eigenvalue weighted by molar-refractivity contribution is 7.99. The second-order valence-corrected chi connectivity index (χ2v) is 7.09. The minimum absolute atomic E-state index is 0.836. The van der Waals surface area contributed by atoms with Crippen molar-refractivity contribution in [2.24, 2.45) is 5.92 Å². The van der Waals surface area contributed by atoms with Gasteiger partial charge in [-0.1, -0.05) is 19.9 Å². The van der Waals surface area contributed by atoms with Crippen molar-refractivity contribution in [3.63, 3.8) is 0 Å². The van der Waals surface area contributed by atoms with Gasteiger partial charge in [0.05, 0.1) is 0 Å². The number of aryl methyl sites for hydroxylation is 2. The average Bonchev–Trinajstić information content (AvgIpc) is 2.84. The lowest BCUT2D eigenvalue weighted by Crippen LogP contribution is -2.18. The highest BCUT2D eigenvalue weighted by Crippen LogP contribution is 2.27. The predicted molar refractivity (Wildman–Crippen MR) is 86.1 cm³/mol. The van der Waals surface area contributed by atoms with Crippen LogP contribution < -0.4 is 5.32 Å². The van der Waals surface area contributed by atoms with Gasteiger partial charge in [-0.15, -0.1) is 11.8 Å². The molecule has 0 aliphatic heterocycles. The summed E-state index contributed by atoms with van der Waals surface area (Å²) >= 11 is 1.99. The number of fused-ring (bicyclic) bond motifs is 1. The van der Waals surface area contributed by atoms with Crippen LogP contribution in [0.2, 0.25) is 0 Å². The van der Waals surface area contributed by atoms with E-state index in [0.29, 0.717) is 0 Å². The van der Waals surface area contributed by atoms with Crippen LogP contribution in [0.3, 0.4) is 0 Å². The average molecular weight is 277 g/mol. The predicted octanol–water partition coefficient (Wildman–Crippen LogP) is 4.29. The zero-order chi connectivity index (χ0) is 13.5. The largest absolute Gasteiger partial charge is 0.316 e. The summed E-state index contributed by atoms with van der Waals surface area (Å²) in [7, 11) is 0. The van der Waals surface area contributed by atoms with Crippen molar-refractivity contribution in [2.75, 3.05) is 18.8 Å². The molecule has 0 spiro atoms. The number of benzene rings is 1. The van der Waals surface area contributed by atoms with Crippen LogP contribution >= 0.6 is 11.8 Å². The second kappa shape index (κ2) is 7.96. The van der Waals surface area contributed by atoms with Crippen molar-refractivity contribution in [1.29, 1.82) is 0 Å². The van der Waals surface area contributed by atoms with Crippen molar-refractivity contribution in [2.45, 2.75) is 50.8 Å². The lowest BCUT2D eigenvalue weighted by atomic mass is 10.1. The van der Waals surface area contributed by atoms with Crippen LogP contribution in [0.4, 0.5) is 0 Å². The Hall–Kier alpha value is -0.470. The Labute approximate surface area is 122 Å². The van der Waals surface area contributed by atoms with Gasteiger partial charge in [-0.25, -0.2) is 0 Å². The maximum Gasteiger partial charge on any atom is 0.0106 e. The van der Waals surface area contributed by atoms with Gasteiger partial charge >= 0.3 is 0 Å². The van der Waals surface area contributed by atoms with Crippen LogP contribution in [0.25, 0.3) is 0 Å². The molecule has 1 aromatic carbocycles. The first kappa shape index (κ1) is 14.9. The molecule has 0 amide bonds. The van der Waals surface area contributed by atoms with Crippen molar-refractivity contribution in [3.8, 4) is 0 Å². The van der Waals surface area contributed by atoms with E-state index in [1.165, 1.54) is 49.3 Å². The van der Waals surface area contributed by atoms with Gasteiger partial charge in [-0.2, -0.15) is 0 Å². The van der Waals surface area contributed by atoms with E-state index in [1.807, 2.05) is 11.8 Å². The van der Waals surface area contributed by atoms with Gasteiger partial charge in [-0.3, -0.25) is 0 Å². The van der Waals surface area contributed by atoms with E-state index >= 15 is 0 Å². The Kier molecular flexibility index (Phi) is 6.25. The molecule has 2 heteroatoms. The van der Waals surface area contributed by atoms with Crippen LogP contribution in [-0.4, -0.2) is 18.8 Å². The molecular formula is C17H27NS. The van der Waals surface area contributed by atoms with Crippen molar-refractivity contribution >= 4 is 11.8 Å². The van der Waals surface area contributed by atoms with Crippen LogP contribution in [0.5, 0.6) is 0 Å². The fourth-order valence-electron chi connectivity index (χ4n) is 2.64. The minimum Gasteiger partial charge on any atom is -0.316 e. The number of thioether (sulfide) groups is 1. The zero-order valence-electron chi connectivity index (χ0n) is 12.4. The minimum atomic E-state index is 0.836. The van der Waals surface area contributed by atoms with E-state index in [4.69, 9.17) is 0 Å². The molecule has 0 saturated heterocycles. The molecule has 0 fully saturated rings. The van der Waals surface area contributed by atoms with E-state index in [0.717, 1.165) is 12.5 Å². The first-order valence-corrected chi connectivity index (χ1v) is 8.69. The Bertz CT molecular complexity index is 387. The molecule has 0 saturated carbocycles. The van der Waals surface area contributed by atoms with Gasteiger partial charge in [-0.05, 0) is 67.8 Å². The summed E-state index contributed by atoms with van der Waals surface area (Å²) in [6.07, 6.45) is 6.57. The van der Waals surface area contributed by atoms with Crippen LogP contribution in [0.1, 0.15) is 44.2 Å². The van der Waals surface area contributed by atoms with E-state index in [9.17, 15) is 0 Å². The fraction of sp³-hybridized carbons (Fsp3) is 0.647. The highest BCUT2D eigenvalue weighted by atomic mass is 32.2. The molecule has 1 aromatic rings. The van der Waals surface area contributed by atoms with Gasteiger partial charge < -0.3 is 5.32 Å². The first-order chi connectivity index (χ1) is 9.25. The number of nitrogens with one attached hydrogen (secondary N) is 1. The van der Waals surface area contributed by atoms with E-state index in [2.05, 4.69) is 37.4 Å². The van der Waals surface area contributed by atoms with Gasteiger partial charge in [0.25, 0.3) is 0 Å². The SMILES string of the molecule is CC(C)CCCNCCSc1ccc2c(c1)CCC2. The van der Waals surface area contributed by atoms with Gasteiger partial charge in [0.2, 0.25) is 0 Å². The fourth-order valence-corrected chi connectivity index (χ4v) is 3.51. The molecule has 1 N–H and O–H groups in total. The molecule has 1 aliphatic rings. The van der Waals surface area contributed by atoms with Crippen LogP contribution in [0.15, 0.2) is 23.1 Å². The molecule has 1 nitrogen and oxygen atoms in total. The maximum atomic E-state index is 3.54. The third kappa shape index (κ3) is 5.19. The summed E-state index contributed by atoms with van der Waals surface area (Å²) in [5.41, 5.74) is 3.17. The lowest BCUT2D eigenvalue weighted by molar-refractivity contribution is 0.534. The normalized spacial score (nSPS) is 14.1. The zero-order valence-corrected chi connectivity index (χ0v) is 13.2. The molecule has 0 atom stereocenters. The van der Waals surface area contributed by atoms with Crippen molar-refractivity contribution in [1.82, 2.24) is 5.32 Å². The Morgan fingerprint density at radius 1 is 1.16 bits per heavy atom. The Morgan fingerprint density at radius 2 is 2.00 bits per heavy atom. The van der Waals surface area contributed by atoms with Crippen LogP contribution in [-0.2, 0) is 12.8 Å². The maximum absolute atomic E-state index is 3.54. The third-order valence-electron chi connectivity index (χ3n) is 3.75. The molecule has 0 bridgehead atoms. The molecule has 0 aromatic heterocycles. The van der Waals surface area contributed by atoms with Gasteiger partial charge in [0.15, 0.2) is 0 Å². The molecule has 2 rings (SSSR count). The molecule has 0 unspecified atom stereocenters. The van der Waals surface area contributed by atoms with Crippen molar-refractivity contribution < 1.29 is 0 Å². The van der Waals surface area contributed by atoms with E-state index in [1.54, 1.807) is 11.1 Å². The number of rotatable bonds is 8. The number of hydrogen-bond acceptors (Lipinski definition) is 2. The molecule has 0 radical (unpaired) electrons. The van der Waals surface area contributed by atoms with Crippen LogP contribution in [0, 0.1) is 5.92 Å². The highest BCUT2D eigenvalue weighted by Gasteiger charge is 2.10. The second-order valence-electron chi connectivity index (χ2n) is 5.92. The van der Waals surface area contributed by atoms with Gasteiger partial charge in [0, 0.05) is 17.2 Å². The summed E-state index contributed by atoms with van der Waals surface area (Å²) in [5, 5.41) is 3.54. The Balaban J connectivity index is 1.58. The smallest absolute Gasteiger partial charge is 0.0106 e. The molecule has 1 aliphatic carbocycles. The topological polar surface area (TPSA) is 12.0 Å². The molecule has 19 heavy (non-hydrogen) atoms. The Morgan fingerprint density at radius 3 is 2.84 bits per heavy atom. The molecular weight excluding hydrogens is 250 g/mol. The summed E-state index contributed by atoms with van der Waals surface area (Å²) in [4.78, 5) is 1.45. The standard InChI is InChI=1S/C17H27NS/c1-14(2)5-4-10-18-11-12-19-17-9-8-15-6-3-7-16(15)13-17/h8-9,13-14,18H,3-7,10-12H2,1-2H3.